The summed E-state index contributed by atoms with van der Waals surface area (Å²) in [6.07, 6.45) is -8.63. The summed E-state index contributed by atoms with van der Waals surface area (Å²) in [6, 6.07) is 29.4. The number of Topliss-reactive ketones (excluding diaryl/α,β-unsaturated/α-hetero) is 1. The zero-order chi connectivity index (χ0) is 63.8. The molecule has 0 spiro atoms. The summed E-state index contributed by atoms with van der Waals surface area (Å²) < 4.78 is 59.9. The van der Waals surface area contributed by atoms with Crippen molar-refractivity contribution in [3.05, 3.63) is 143 Å². The summed E-state index contributed by atoms with van der Waals surface area (Å²) in [7, 11) is 0.0571. The topological polar surface area (TPSA) is 277 Å². The summed E-state index contributed by atoms with van der Waals surface area (Å²) in [5.41, 5.74) is -7.89. The fourth-order valence-electron chi connectivity index (χ4n) is 11.9. The number of benzene rings is 3. The Morgan fingerprint density at radius 3 is 2.09 bits per heavy atom. The number of hydrogen-bond acceptors (Lipinski definition) is 22. The van der Waals surface area contributed by atoms with E-state index in [-0.39, 0.29) is 30.8 Å². The lowest BCUT2D eigenvalue weighted by Gasteiger charge is -2.67. The maximum atomic E-state index is 16.2. The van der Waals surface area contributed by atoms with Gasteiger partial charge in [0.25, 0.3) is 5.91 Å². The highest BCUT2D eigenvalue weighted by Gasteiger charge is 2.78. The number of fused-ring (bicyclic) bond motifs is 5. The highest BCUT2D eigenvalue weighted by molar-refractivity contribution is 8.76. The second-order valence-electron chi connectivity index (χ2n) is 24.5. The number of amides is 1. The maximum absolute atomic E-state index is 16.2. The molecule has 4 unspecified atom stereocenters. The monoisotopic (exact) mass is 1270 g/mol. The van der Waals surface area contributed by atoms with Crippen LogP contribution in [0.3, 0.4) is 0 Å². The van der Waals surface area contributed by atoms with Crippen molar-refractivity contribution in [1.29, 1.82) is 0 Å². The third kappa shape index (κ3) is 14.4. The van der Waals surface area contributed by atoms with E-state index >= 15 is 9.59 Å². The standard InChI is InChI=1S/C64H78N2O19S2Si/c1-39-44(81-58(73)52(85-88(9,10)60(3,4)5)50(41-22-14-11-15-23-41)66-56(71)42-24-16-12-17-25-42)35-64(75)55(83-57(72)43-26-18-13-19-27-43)53-62(8,45(68)34-46-63(53,37-78-46)84-40(2)67)54(70)51(49(39)61(64,6)7)82-59(74)80-38-79-48(69)36-77-31-30-76-32-33-86-87-47-28-20-21-29-65-47/h11-29,39,44-46,50,52-53,55,68,75H,30-38H2,1-10H3,(H,66,71)/b51-49+/t39?,44?,45-,46?,50?,52+,53-,55-,62+,63-,64+/m0/s1. The zero-order valence-electron chi connectivity index (χ0n) is 51.1. The van der Waals surface area contributed by atoms with Crippen molar-refractivity contribution in [1.82, 2.24) is 10.3 Å². The molecule has 2 bridgehead atoms. The lowest BCUT2D eigenvalue weighted by molar-refractivity contribution is -0.345. The number of hydrogen-bond donors (Lipinski definition) is 3. The van der Waals surface area contributed by atoms with Crippen LogP contribution in [0.2, 0.25) is 18.1 Å². The molecule has 3 N–H and O–H groups in total. The van der Waals surface area contributed by atoms with Crippen molar-refractivity contribution in [3.8, 4) is 0 Å². The van der Waals surface area contributed by atoms with Gasteiger partial charge in [-0.2, -0.15) is 0 Å². The van der Waals surface area contributed by atoms with Crippen molar-refractivity contribution in [2.75, 3.05) is 45.6 Å². The molecule has 3 aromatic carbocycles. The summed E-state index contributed by atoms with van der Waals surface area (Å²) >= 11 is 0. The Morgan fingerprint density at radius 1 is 0.841 bits per heavy atom. The molecule has 8 rings (SSSR count). The first kappa shape index (κ1) is 67.4. The van der Waals surface area contributed by atoms with E-state index in [2.05, 4.69) is 10.3 Å². The van der Waals surface area contributed by atoms with Crippen molar-refractivity contribution in [2.24, 2.45) is 22.7 Å². The number of ketones is 1. The predicted octanol–water partition coefficient (Wildman–Crippen LogP) is 8.93. The first-order chi connectivity index (χ1) is 41.7. The van der Waals surface area contributed by atoms with Crippen molar-refractivity contribution >= 4 is 71.6 Å². The van der Waals surface area contributed by atoms with Gasteiger partial charge in [-0.25, -0.2) is 24.2 Å². The van der Waals surface area contributed by atoms with E-state index in [4.69, 9.17) is 47.1 Å². The maximum Gasteiger partial charge on any atom is 0.516 e. The molecule has 4 aliphatic rings. The van der Waals surface area contributed by atoms with Gasteiger partial charge in [0.05, 0.1) is 55.5 Å². The number of carbonyl (C=O) groups excluding carboxylic acids is 7. The molecule has 88 heavy (non-hydrogen) atoms. The molecule has 11 atom stereocenters. The van der Waals surface area contributed by atoms with E-state index in [0.717, 1.165) is 11.9 Å². The number of rotatable bonds is 24. The summed E-state index contributed by atoms with van der Waals surface area (Å²) in [6.45, 7) is 15.6. The molecule has 24 heteroatoms. The Kier molecular flexibility index (Phi) is 21.6. The van der Waals surface area contributed by atoms with Gasteiger partial charge < -0.3 is 62.6 Å². The van der Waals surface area contributed by atoms with Crippen molar-refractivity contribution < 1.29 is 90.8 Å². The van der Waals surface area contributed by atoms with Crippen molar-refractivity contribution in [3.63, 3.8) is 0 Å². The van der Waals surface area contributed by atoms with E-state index in [1.807, 2.05) is 52.1 Å². The lowest BCUT2D eigenvalue weighted by Crippen LogP contribution is -2.81. The van der Waals surface area contributed by atoms with Gasteiger partial charge in [-0.15, -0.1) is 0 Å². The highest BCUT2D eigenvalue weighted by Crippen LogP contribution is 2.65. The average Bonchev–Trinajstić information content (AvgIpc) is 0.673. The minimum absolute atomic E-state index is 0.0296. The molecule has 1 aliphatic heterocycles. The number of esters is 4. The van der Waals surface area contributed by atoms with Gasteiger partial charge in [0.15, 0.2) is 25.8 Å². The Bertz CT molecular complexity index is 3170. The first-order valence-electron chi connectivity index (χ1n) is 29.1. The first-order valence-corrected chi connectivity index (χ1v) is 34.3. The minimum Gasteiger partial charge on any atom is -0.460 e. The minimum atomic E-state index is -3.03. The molecular weight excluding hydrogens is 1190 g/mol. The Hall–Kier alpha value is -6.48. The molecule has 21 nitrogen and oxygen atoms in total. The zero-order valence-corrected chi connectivity index (χ0v) is 53.7. The summed E-state index contributed by atoms with van der Waals surface area (Å²) in [4.78, 5) is 106. The van der Waals surface area contributed by atoms with Crippen molar-refractivity contribution in [2.45, 2.75) is 139 Å². The molecule has 2 saturated carbocycles. The number of aliphatic hydroxyl groups excluding tert-OH is 1. The Morgan fingerprint density at radius 2 is 1.48 bits per heavy atom. The van der Waals surface area contributed by atoms with E-state index in [1.165, 1.54) is 43.7 Å². The number of allylic oxidation sites excluding steroid dienone is 1. The number of aromatic nitrogens is 1. The van der Waals surface area contributed by atoms with Crippen LogP contribution in [-0.2, 0) is 66.2 Å². The van der Waals surface area contributed by atoms with E-state index in [0.29, 0.717) is 23.5 Å². The molecule has 474 valence electrons. The van der Waals surface area contributed by atoms with E-state index in [1.54, 1.807) is 103 Å². The predicted molar refractivity (Wildman–Crippen MR) is 324 cm³/mol. The number of nitrogens with one attached hydrogen (secondary N) is 1. The fourth-order valence-corrected chi connectivity index (χ4v) is 14.9. The van der Waals surface area contributed by atoms with Crippen LogP contribution in [0.5, 0.6) is 0 Å². The van der Waals surface area contributed by atoms with Gasteiger partial charge in [0.1, 0.15) is 35.5 Å². The largest absolute Gasteiger partial charge is 0.516 e. The average molecular weight is 1270 g/mol. The molecule has 3 aliphatic carbocycles. The number of aliphatic hydroxyl groups is 2. The smallest absolute Gasteiger partial charge is 0.460 e. The molecule has 1 saturated heterocycles. The SMILES string of the molecule is CC(=O)O[C@@]12COC1C[C@H](O)[C@@]1(C)C(=O)/C(OC(=O)OCOC(=O)COCCOCCSSc3ccccn3)=C3/C(C)C(OC(=O)[C@H](O[Si](C)(C)C(C)(C)C)C(NC(=O)c4ccccc4)c4ccccc4)C[C@@](O)([C@@H](OC(=O)c4ccccc4)[C@@H]12)C3(C)C. The summed E-state index contributed by atoms with van der Waals surface area (Å²) in [5.74, 6) is -8.33. The van der Waals surface area contributed by atoms with Crippen LogP contribution in [0.1, 0.15) is 101 Å². The molecule has 1 aromatic heterocycles. The van der Waals surface area contributed by atoms with Crippen LogP contribution in [0, 0.1) is 22.7 Å². The van der Waals surface area contributed by atoms with Gasteiger partial charge in [0, 0.05) is 48.6 Å². The molecule has 0 radical (unpaired) electrons. The number of ether oxygens (including phenoxy) is 9. The van der Waals surface area contributed by atoms with Crippen LogP contribution in [0.15, 0.2) is 132 Å². The van der Waals surface area contributed by atoms with Gasteiger partial charge in [-0.1, -0.05) is 125 Å². The Labute approximate surface area is 521 Å². The van der Waals surface area contributed by atoms with Gasteiger partial charge in [-0.05, 0) is 83.4 Å². The quantitative estimate of drug-likeness (QED) is 0.0147. The second kappa shape index (κ2) is 28.1. The van der Waals surface area contributed by atoms with Crippen LogP contribution in [0.25, 0.3) is 0 Å². The van der Waals surface area contributed by atoms with Crippen LogP contribution in [0.4, 0.5) is 4.79 Å². The third-order valence-electron chi connectivity index (χ3n) is 17.7. The van der Waals surface area contributed by atoms with Gasteiger partial charge in [0.2, 0.25) is 12.6 Å². The molecule has 4 aromatic rings. The van der Waals surface area contributed by atoms with E-state index in [9.17, 15) is 34.2 Å². The fraction of sp³-hybridized carbons (Fsp3) is 0.500. The second-order valence-corrected chi connectivity index (χ2v) is 31.7. The highest BCUT2D eigenvalue weighted by atomic mass is 33.1. The molecule has 3 fully saturated rings. The third-order valence-corrected chi connectivity index (χ3v) is 24.4. The van der Waals surface area contributed by atoms with Crippen LogP contribution in [-0.4, -0.2) is 153 Å². The lowest BCUT2D eigenvalue weighted by atomic mass is 9.45. The van der Waals surface area contributed by atoms with Crippen LogP contribution < -0.4 is 5.32 Å². The normalized spacial score (nSPS) is 27.0. The van der Waals surface area contributed by atoms with E-state index < -0.39 is 158 Å². The van der Waals surface area contributed by atoms with Crippen LogP contribution >= 0.6 is 21.6 Å². The van der Waals surface area contributed by atoms with Gasteiger partial charge in [-0.3, -0.25) is 14.4 Å². The number of pyridine rings is 1. The van der Waals surface area contributed by atoms with Gasteiger partial charge >= 0.3 is 30.0 Å². The number of carbonyl (C=O) groups is 7. The Balaban J connectivity index is 1.16. The number of nitrogens with zero attached hydrogens (tertiary/aromatic N) is 1. The molecular formula is C64H78N2O19S2Si. The summed E-state index contributed by atoms with van der Waals surface area (Å²) in [5, 5.41) is 30.2. The molecule has 1 amide bonds. The molecule has 2 heterocycles.